The Morgan fingerprint density at radius 1 is 1.15 bits per heavy atom. The van der Waals surface area contributed by atoms with E-state index in [1.807, 2.05) is 42.6 Å². The number of pyridine rings is 1. The molecule has 26 heavy (non-hydrogen) atoms. The van der Waals surface area contributed by atoms with Crippen LogP contribution in [-0.2, 0) is 0 Å². The SMILES string of the molecule is CCSNc1ccc2ccc3ncc(N4CCNCC4)cc3c(=O)c2c1. The lowest BCUT2D eigenvalue weighted by Crippen LogP contribution is -2.43. The Hall–Kier alpha value is -2.31. The summed E-state index contributed by atoms with van der Waals surface area (Å²) in [6, 6.07) is 11.9. The van der Waals surface area contributed by atoms with Gasteiger partial charge in [-0.15, -0.1) is 0 Å². The first kappa shape index (κ1) is 17.1. The van der Waals surface area contributed by atoms with E-state index in [9.17, 15) is 4.79 Å². The van der Waals surface area contributed by atoms with E-state index < -0.39 is 0 Å². The van der Waals surface area contributed by atoms with E-state index in [-0.39, 0.29) is 5.43 Å². The van der Waals surface area contributed by atoms with Crippen LogP contribution in [0.15, 0.2) is 47.4 Å². The van der Waals surface area contributed by atoms with Gasteiger partial charge < -0.3 is 14.9 Å². The van der Waals surface area contributed by atoms with Crippen LogP contribution in [0.1, 0.15) is 6.92 Å². The summed E-state index contributed by atoms with van der Waals surface area (Å²) in [6.07, 6.45) is 1.88. The van der Waals surface area contributed by atoms with Gasteiger partial charge in [0.05, 0.1) is 22.8 Å². The van der Waals surface area contributed by atoms with Crippen LogP contribution < -0.4 is 20.4 Å². The molecule has 2 N–H and O–H groups in total. The standard InChI is InChI=1S/C20H22N4OS/c1-2-26-23-15-5-3-14-4-6-19-18(20(25)17(14)11-15)12-16(13-22-19)24-9-7-21-8-10-24/h3-6,11-13,21,23H,2,7-10H2,1H3. The Morgan fingerprint density at radius 2 is 1.96 bits per heavy atom. The molecule has 0 aliphatic carbocycles. The van der Waals surface area contributed by atoms with E-state index in [4.69, 9.17) is 0 Å². The Bertz CT molecular complexity index is 1000. The van der Waals surface area contributed by atoms with Crippen LogP contribution in [0.5, 0.6) is 0 Å². The molecule has 0 bridgehead atoms. The van der Waals surface area contributed by atoms with Crippen molar-refractivity contribution in [3.63, 3.8) is 0 Å². The number of hydrogen-bond acceptors (Lipinski definition) is 6. The number of hydrogen-bond donors (Lipinski definition) is 2. The van der Waals surface area contributed by atoms with Gasteiger partial charge >= 0.3 is 0 Å². The molecule has 0 saturated carbocycles. The third-order valence-corrected chi connectivity index (χ3v) is 5.35. The molecule has 0 amide bonds. The highest BCUT2D eigenvalue weighted by Gasteiger charge is 2.12. The van der Waals surface area contributed by atoms with Crippen LogP contribution in [-0.4, -0.2) is 36.9 Å². The van der Waals surface area contributed by atoms with E-state index in [0.717, 1.165) is 59.6 Å². The summed E-state index contributed by atoms with van der Waals surface area (Å²) in [5.41, 5.74) is 2.75. The molecule has 0 radical (unpaired) electrons. The number of nitrogens with one attached hydrogen (secondary N) is 2. The number of benzene rings is 1. The molecule has 0 unspecified atom stereocenters. The molecule has 1 aliphatic rings. The smallest absolute Gasteiger partial charge is 0.195 e. The molecule has 1 saturated heterocycles. The van der Waals surface area contributed by atoms with Gasteiger partial charge in [-0.3, -0.25) is 9.78 Å². The van der Waals surface area contributed by atoms with Gasteiger partial charge in [0.1, 0.15) is 0 Å². The summed E-state index contributed by atoms with van der Waals surface area (Å²) in [4.78, 5) is 20.1. The van der Waals surface area contributed by atoms with Crippen molar-refractivity contribution in [1.29, 1.82) is 0 Å². The topological polar surface area (TPSA) is 57.3 Å². The van der Waals surface area contributed by atoms with Crippen molar-refractivity contribution in [3.05, 3.63) is 52.8 Å². The lowest BCUT2D eigenvalue weighted by atomic mass is 10.1. The molecule has 0 spiro atoms. The molecule has 6 heteroatoms. The van der Waals surface area contributed by atoms with Gasteiger partial charge in [0, 0.05) is 43.0 Å². The zero-order chi connectivity index (χ0) is 17.9. The van der Waals surface area contributed by atoms with Crippen LogP contribution in [0.2, 0.25) is 0 Å². The van der Waals surface area contributed by atoms with Crippen molar-refractivity contribution < 1.29 is 0 Å². The number of fused-ring (bicyclic) bond motifs is 2. The molecular weight excluding hydrogens is 344 g/mol. The number of aromatic nitrogens is 1. The van der Waals surface area contributed by atoms with Gasteiger partial charge in [-0.25, -0.2) is 0 Å². The number of nitrogens with zero attached hydrogens (tertiary/aromatic N) is 2. The van der Waals surface area contributed by atoms with E-state index in [2.05, 4.69) is 26.8 Å². The molecule has 134 valence electrons. The van der Waals surface area contributed by atoms with Crippen molar-refractivity contribution in [2.75, 3.05) is 41.6 Å². The second kappa shape index (κ2) is 7.51. The minimum absolute atomic E-state index is 0.0367. The van der Waals surface area contributed by atoms with Gasteiger partial charge in [0.2, 0.25) is 0 Å². The summed E-state index contributed by atoms with van der Waals surface area (Å²) >= 11 is 1.62. The van der Waals surface area contributed by atoms with E-state index in [1.54, 1.807) is 11.9 Å². The maximum atomic E-state index is 13.2. The summed E-state index contributed by atoms with van der Waals surface area (Å²) < 4.78 is 3.28. The zero-order valence-electron chi connectivity index (χ0n) is 14.8. The molecule has 4 rings (SSSR count). The molecule has 1 aliphatic heterocycles. The van der Waals surface area contributed by atoms with Gasteiger partial charge in [0.25, 0.3) is 0 Å². The summed E-state index contributed by atoms with van der Waals surface area (Å²) in [7, 11) is 0. The molecule has 0 atom stereocenters. The summed E-state index contributed by atoms with van der Waals surface area (Å²) in [6.45, 7) is 5.87. The first-order chi connectivity index (χ1) is 12.8. The van der Waals surface area contributed by atoms with Gasteiger partial charge in [-0.2, -0.15) is 0 Å². The fourth-order valence-electron chi connectivity index (χ4n) is 3.31. The van der Waals surface area contributed by atoms with E-state index >= 15 is 0 Å². The van der Waals surface area contributed by atoms with Crippen molar-refractivity contribution in [2.45, 2.75) is 6.92 Å². The molecule has 3 aromatic rings. The highest BCUT2D eigenvalue weighted by atomic mass is 32.2. The first-order valence-corrected chi connectivity index (χ1v) is 9.95. The molecule has 1 fully saturated rings. The van der Waals surface area contributed by atoms with Crippen LogP contribution in [0, 0.1) is 0 Å². The fourth-order valence-corrected chi connectivity index (χ4v) is 3.74. The van der Waals surface area contributed by atoms with Crippen LogP contribution in [0.25, 0.3) is 21.7 Å². The maximum absolute atomic E-state index is 13.2. The van der Waals surface area contributed by atoms with Crippen LogP contribution >= 0.6 is 11.9 Å². The largest absolute Gasteiger partial charge is 0.368 e. The monoisotopic (exact) mass is 366 g/mol. The van der Waals surface area contributed by atoms with E-state index in [0.29, 0.717) is 5.39 Å². The normalized spacial score (nSPS) is 14.7. The van der Waals surface area contributed by atoms with Gasteiger partial charge in [-0.1, -0.05) is 31.0 Å². The predicted molar refractivity (Wildman–Crippen MR) is 112 cm³/mol. The second-order valence-corrected chi connectivity index (χ2v) is 7.43. The number of anilines is 2. The summed E-state index contributed by atoms with van der Waals surface area (Å²) in [5.74, 6) is 0.964. The third kappa shape index (κ3) is 3.34. The number of piperazine rings is 1. The molecule has 2 aromatic carbocycles. The molecule has 5 nitrogen and oxygen atoms in total. The average molecular weight is 366 g/mol. The number of rotatable bonds is 4. The lowest BCUT2D eigenvalue weighted by molar-refractivity contribution is 0.589. The highest BCUT2D eigenvalue weighted by Crippen LogP contribution is 2.22. The Kier molecular flexibility index (Phi) is 4.95. The van der Waals surface area contributed by atoms with Crippen molar-refractivity contribution >= 4 is 45.0 Å². The third-order valence-electron chi connectivity index (χ3n) is 4.68. The van der Waals surface area contributed by atoms with Crippen molar-refractivity contribution in [3.8, 4) is 0 Å². The fraction of sp³-hybridized carbons (Fsp3) is 0.300. The van der Waals surface area contributed by atoms with Crippen molar-refractivity contribution in [2.24, 2.45) is 0 Å². The Labute approximate surface area is 156 Å². The quantitative estimate of drug-likeness (QED) is 0.692. The molecule has 1 aromatic heterocycles. The molecule has 2 heterocycles. The van der Waals surface area contributed by atoms with E-state index in [1.165, 1.54) is 0 Å². The lowest BCUT2D eigenvalue weighted by Gasteiger charge is -2.29. The summed E-state index contributed by atoms with van der Waals surface area (Å²) in [5, 5.41) is 5.69. The Balaban J connectivity index is 1.86. The second-order valence-electron chi connectivity index (χ2n) is 6.36. The first-order valence-electron chi connectivity index (χ1n) is 8.96. The zero-order valence-corrected chi connectivity index (χ0v) is 15.6. The minimum Gasteiger partial charge on any atom is -0.368 e. The molecular formula is C20H22N4OS. The average Bonchev–Trinajstić information content (AvgIpc) is 2.84. The van der Waals surface area contributed by atoms with Crippen LogP contribution in [0.3, 0.4) is 0 Å². The Morgan fingerprint density at radius 3 is 2.77 bits per heavy atom. The maximum Gasteiger partial charge on any atom is 0.195 e. The van der Waals surface area contributed by atoms with Gasteiger partial charge in [0.15, 0.2) is 5.43 Å². The predicted octanol–water partition coefficient (Wildman–Crippen LogP) is 3.24. The minimum atomic E-state index is 0.0367. The van der Waals surface area contributed by atoms with Crippen molar-refractivity contribution in [1.82, 2.24) is 10.3 Å². The highest BCUT2D eigenvalue weighted by molar-refractivity contribution is 8.00. The van der Waals surface area contributed by atoms with Gasteiger partial charge in [-0.05, 0) is 29.7 Å². The van der Waals surface area contributed by atoms with Crippen LogP contribution in [0.4, 0.5) is 11.4 Å².